The third-order valence-corrected chi connectivity index (χ3v) is 8.55. The van der Waals surface area contributed by atoms with E-state index >= 15 is 0 Å². The Bertz CT molecular complexity index is 449. The van der Waals surface area contributed by atoms with Gasteiger partial charge in [0.2, 0.25) is 0 Å². The van der Waals surface area contributed by atoms with Crippen molar-refractivity contribution in [3.05, 3.63) is 12.2 Å². The fourth-order valence-corrected chi connectivity index (χ4v) is 7.51. The minimum atomic E-state index is 0.528. The predicted molar refractivity (Wildman–Crippen MR) is 98.0 cm³/mol. The smallest absolute Gasteiger partial charge is 0.00149 e. The first-order valence-corrected chi connectivity index (χ1v) is 10.6. The SMILES string of the molecule is C=C1CCC2C(C3CC(C4CCCCC4)CC13)C2(CN)CCC. The van der Waals surface area contributed by atoms with Crippen LogP contribution in [0.1, 0.15) is 77.6 Å². The van der Waals surface area contributed by atoms with E-state index in [0.29, 0.717) is 5.41 Å². The molecule has 0 aliphatic heterocycles. The highest BCUT2D eigenvalue weighted by Crippen LogP contribution is 2.72. The molecule has 1 heteroatoms. The Morgan fingerprint density at radius 2 is 1.87 bits per heavy atom. The van der Waals surface area contributed by atoms with Crippen molar-refractivity contribution in [2.75, 3.05) is 6.54 Å². The molecule has 23 heavy (non-hydrogen) atoms. The van der Waals surface area contributed by atoms with Gasteiger partial charge in [-0.3, -0.25) is 0 Å². The van der Waals surface area contributed by atoms with E-state index in [1.54, 1.807) is 5.57 Å². The molecule has 6 unspecified atom stereocenters. The summed E-state index contributed by atoms with van der Waals surface area (Å²) < 4.78 is 0. The van der Waals surface area contributed by atoms with Gasteiger partial charge in [0.05, 0.1) is 0 Å². The lowest BCUT2D eigenvalue weighted by atomic mass is 9.78. The maximum absolute atomic E-state index is 6.34. The number of hydrogen-bond acceptors (Lipinski definition) is 1. The van der Waals surface area contributed by atoms with Crippen LogP contribution in [0, 0.1) is 40.9 Å². The van der Waals surface area contributed by atoms with Crippen LogP contribution in [0.3, 0.4) is 0 Å². The second-order valence-corrected chi connectivity index (χ2v) is 9.42. The molecule has 130 valence electrons. The van der Waals surface area contributed by atoms with Crippen LogP contribution in [-0.2, 0) is 0 Å². The highest BCUT2D eigenvalue weighted by Gasteiger charge is 2.67. The molecular weight excluding hydrogens is 278 g/mol. The molecule has 0 aromatic carbocycles. The van der Waals surface area contributed by atoms with Gasteiger partial charge in [-0.25, -0.2) is 0 Å². The van der Waals surface area contributed by atoms with Crippen LogP contribution in [0.5, 0.6) is 0 Å². The maximum Gasteiger partial charge on any atom is -0.00149 e. The van der Waals surface area contributed by atoms with E-state index in [4.69, 9.17) is 5.73 Å². The molecule has 4 aliphatic rings. The van der Waals surface area contributed by atoms with Gasteiger partial charge in [0.1, 0.15) is 0 Å². The van der Waals surface area contributed by atoms with Gasteiger partial charge in [-0.2, -0.15) is 0 Å². The van der Waals surface area contributed by atoms with E-state index in [0.717, 1.165) is 42.1 Å². The molecule has 4 rings (SSSR count). The van der Waals surface area contributed by atoms with Gasteiger partial charge in [-0.05, 0) is 79.6 Å². The van der Waals surface area contributed by atoms with Crippen LogP contribution < -0.4 is 5.73 Å². The molecule has 6 atom stereocenters. The molecule has 0 bridgehead atoms. The van der Waals surface area contributed by atoms with Crippen molar-refractivity contribution in [1.82, 2.24) is 0 Å². The Labute approximate surface area is 143 Å². The number of rotatable bonds is 4. The summed E-state index contributed by atoms with van der Waals surface area (Å²) in [7, 11) is 0. The second kappa shape index (κ2) is 6.21. The van der Waals surface area contributed by atoms with Gasteiger partial charge in [0, 0.05) is 0 Å². The van der Waals surface area contributed by atoms with Crippen molar-refractivity contribution in [2.45, 2.75) is 77.6 Å². The van der Waals surface area contributed by atoms with Crippen LogP contribution in [0.4, 0.5) is 0 Å². The van der Waals surface area contributed by atoms with Gasteiger partial charge < -0.3 is 5.73 Å². The van der Waals surface area contributed by atoms with E-state index in [-0.39, 0.29) is 0 Å². The third-order valence-electron chi connectivity index (χ3n) is 8.55. The van der Waals surface area contributed by atoms with Crippen molar-refractivity contribution in [1.29, 1.82) is 0 Å². The Kier molecular flexibility index (Phi) is 4.37. The fraction of sp³-hybridized carbons (Fsp3) is 0.909. The summed E-state index contributed by atoms with van der Waals surface area (Å²) >= 11 is 0. The van der Waals surface area contributed by atoms with Crippen molar-refractivity contribution >= 4 is 0 Å². The molecule has 0 heterocycles. The van der Waals surface area contributed by atoms with Crippen molar-refractivity contribution in [2.24, 2.45) is 46.7 Å². The van der Waals surface area contributed by atoms with Gasteiger partial charge in [-0.1, -0.05) is 57.6 Å². The number of nitrogens with two attached hydrogens (primary N) is 1. The largest absolute Gasteiger partial charge is 0.330 e. The summed E-state index contributed by atoms with van der Waals surface area (Å²) in [6.07, 6.45) is 15.9. The summed E-state index contributed by atoms with van der Waals surface area (Å²) in [6.45, 7) is 7.84. The molecule has 2 N–H and O–H groups in total. The Morgan fingerprint density at radius 1 is 1.09 bits per heavy atom. The molecular formula is C22H37N. The Hall–Kier alpha value is -0.300. The molecule has 4 fully saturated rings. The van der Waals surface area contributed by atoms with Crippen molar-refractivity contribution in [3.63, 3.8) is 0 Å². The lowest BCUT2D eigenvalue weighted by Crippen LogP contribution is -2.24. The van der Waals surface area contributed by atoms with Gasteiger partial charge in [0.25, 0.3) is 0 Å². The van der Waals surface area contributed by atoms with Gasteiger partial charge in [0.15, 0.2) is 0 Å². The first-order chi connectivity index (χ1) is 11.2. The summed E-state index contributed by atoms with van der Waals surface area (Å²) in [4.78, 5) is 0. The summed E-state index contributed by atoms with van der Waals surface area (Å²) in [5.74, 6) is 5.73. The van der Waals surface area contributed by atoms with Crippen LogP contribution >= 0.6 is 0 Å². The predicted octanol–water partition coefficient (Wildman–Crippen LogP) is 5.55. The quantitative estimate of drug-likeness (QED) is 0.676. The standard InChI is InChI=1S/C22H37N/c1-3-11-22(14-23)20-10-9-15(2)18-12-17(13-19(18)21(20)22)16-7-5-4-6-8-16/h16-21H,2-14,23H2,1H3. The van der Waals surface area contributed by atoms with Crippen molar-refractivity contribution < 1.29 is 0 Å². The highest BCUT2D eigenvalue weighted by molar-refractivity contribution is 5.22. The number of fused-ring (bicyclic) bond motifs is 3. The van der Waals surface area contributed by atoms with Crippen LogP contribution in [0.15, 0.2) is 12.2 Å². The Morgan fingerprint density at radius 3 is 2.57 bits per heavy atom. The van der Waals surface area contributed by atoms with Crippen LogP contribution in [-0.4, -0.2) is 6.54 Å². The topological polar surface area (TPSA) is 26.0 Å². The summed E-state index contributed by atoms with van der Waals surface area (Å²) in [5, 5.41) is 0. The van der Waals surface area contributed by atoms with Gasteiger partial charge >= 0.3 is 0 Å². The first-order valence-electron chi connectivity index (χ1n) is 10.6. The molecule has 0 spiro atoms. The van der Waals surface area contributed by atoms with Crippen LogP contribution in [0.25, 0.3) is 0 Å². The molecule has 0 aromatic heterocycles. The number of hydrogen-bond donors (Lipinski definition) is 1. The molecule has 4 saturated carbocycles. The van der Waals surface area contributed by atoms with E-state index in [1.807, 2.05) is 0 Å². The van der Waals surface area contributed by atoms with E-state index in [2.05, 4.69) is 13.5 Å². The lowest BCUT2D eigenvalue weighted by molar-refractivity contribution is 0.239. The molecule has 0 saturated heterocycles. The van der Waals surface area contributed by atoms with Crippen molar-refractivity contribution in [3.8, 4) is 0 Å². The first kappa shape index (κ1) is 16.2. The third kappa shape index (κ3) is 2.53. The Balaban J connectivity index is 1.53. The normalized spacial score (nSPS) is 47.0. The summed E-state index contributed by atoms with van der Waals surface area (Å²) in [6, 6.07) is 0. The molecule has 0 radical (unpaired) electrons. The average molecular weight is 316 g/mol. The number of allylic oxidation sites excluding steroid dienone is 1. The molecule has 1 nitrogen and oxygen atoms in total. The second-order valence-electron chi connectivity index (χ2n) is 9.42. The summed E-state index contributed by atoms with van der Waals surface area (Å²) in [5.41, 5.74) is 8.48. The molecule has 4 aliphatic carbocycles. The zero-order chi connectivity index (χ0) is 16.0. The van der Waals surface area contributed by atoms with E-state index < -0.39 is 0 Å². The minimum Gasteiger partial charge on any atom is -0.330 e. The minimum absolute atomic E-state index is 0.528. The molecule has 0 amide bonds. The molecule has 0 aromatic rings. The van der Waals surface area contributed by atoms with Gasteiger partial charge in [-0.15, -0.1) is 0 Å². The zero-order valence-corrected chi connectivity index (χ0v) is 15.2. The monoisotopic (exact) mass is 315 g/mol. The maximum atomic E-state index is 6.34. The zero-order valence-electron chi connectivity index (χ0n) is 15.2. The van der Waals surface area contributed by atoms with E-state index in [1.165, 1.54) is 70.6 Å². The van der Waals surface area contributed by atoms with Crippen LogP contribution in [0.2, 0.25) is 0 Å². The average Bonchev–Trinajstić information content (AvgIpc) is 3.04. The lowest BCUT2D eigenvalue weighted by Gasteiger charge is -2.27. The highest BCUT2D eigenvalue weighted by atomic mass is 14.8. The fourth-order valence-electron chi connectivity index (χ4n) is 7.51. The van der Waals surface area contributed by atoms with E-state index in [9.17, 15) is 0 Å².